The van der Waals surface area contributed by atoms with Crippen LogP contribution in [0.3, 0.4) is 0 Å². The van der Waals surface area contributed by atoms with E-state index in [1.807, 2.05) is 0 Å². The Kier molecular flexibility index (Phi) is 4.51. The maximum atomic E-state index is 12.0. The predicted molar refractivity (Wildman–Crippen MR) is 67.5 cm³/mol. The van der Waals surface area contributed by atoms with Crippen LogP contribution >= 0.6 is 0 Å². The van der Waals surface area contributed by atoms with Gasteiger partial charge in [0.1, 0.15) is 6.04 Å². The molecule has 2 atom stereocenters. The first-order chi connectivity index (χ1) is 9.16. The third-order valence-corrected chi connectivity index (χ3v) is 3.26. The number of imidazole rings is 1. The van der Waals surface area contributed by atoms with Gasteiger partial charge in [-0.05, 0) is 19.4 Å². The zero-order valence-corrected chi connectivity index (χ0v) is 10.6. The molecule has 1 amide bonds. The number of carbonyl (C=O) groups is 2. The molecule has 4 N–H and O–H groups in total. The Balaban J connectivity index is 1.92. The van der Waals surface area contributed by atoms with Crippen molar-refractivity contribution in [2.75, 3.05) is 13.1 Å². The second-order valence-electron chi connectivity index (χ2n) is 4.72. The van der Waals surface area contributed by atoms with Gasteiger partial charge in [-0.25, -0.2) is 9.78 Å². The van der Waals surface area contributed by atoms with Crippen LogP contribution in [-0.2, 0) is 16.0 Å². The van der Waals surface area contributed by atoms with Crippen molar-refractivity contribution >= 4 is 11.9 Å². The standard InChI is InChI=1S/C12H18N4O3/c17-11(8-2-1-3-13-5-8)16-10(12(18)19)4-9-6-14-7-15-9/h6-8,10,13H,1-5H2,(H,14,15)(H,16,17)(H,18,19)/t8?,10-/m1/s1. The first-order valence-corrected chi connectivity index (χ1v) is 6.38. The molecular weight excluding hydrogens is 248 g/mol. The minimum atomic E-state index is -1.04. The van der Waals surface area contributed by atoms with Crippen LogP contribution < -0.4 is 10.6 Å². The summed E-state index contributed by atoms with van der Waals surface area (Å²) in [4.78, 5) is 29.9. The van der Waals surface area contributed by atoms with Gasteiger partial charge >= 0.3 is 5.97 Å². The molecule has 0 radical (unpaired) electrons. The number of aromatic nitrogens is 2. The number of carboxylic acid groups (broad SMARTS) is 1. The molecule has 1 unspecified atom stereocenters. The number of carboxylic acids is 1. The van der Waals surface area contributed by atoms with Gasteiger partial charge in [-0.3, -0.25) is 4.79 Å². The van der Waals surface area contributed by atoms with Gasteiger partial charge in [0, 0.05) is 24.9 Å². The van der Waals surface area contributed by atoms with Crippen LogP contribution in [-0.4, -0.2) is 46.1 Å². The highest BCUT2D eigenvalue weighted by Crippen LogP contribution is 2.10. The van der Waals surface area contributed by atoms with E-state index in [4.69, 9.17) is 5.11 Å². The van der Waals surface area contributed by atoms with Crippen LogP contribution in [0.4, 0.5) is 0 Å². The summed E-state index contributed by atoms with van der Waals surface area (Å²) in [5, 5.41) is 14.9. The molecule has 2 heterocycles. The summed E-state index contributed by atoms with van der Waals surface area (Å²) in [6.07, 6.45) is 5.00. The maximum Gasteiger partial charge on any atom is 0.326 e. The number of hydrogen-bond acceptors (Lipinski definition) is 4. The number of H-pyrrole nitrogens is 1. The summed E-state index contributed by atoms with van der Waals surface area (Å²) in [7, 11) is 0. The van der Waals surface area contributed by atoms with Crippen molar-refractivity contribution < 1.29 is 14.7 Å². The van der Waals surface area contributed by atoms with Crippen LogP contribution in [0.1, 0.15) is 18.5 Å². The first kappa shape index (κ1) is 13.5. The van der Waals surface area contributed by atoms with E-state index in [2.05, 4.69) is 20.6 Å². The molecule has 1 fully saturated rings. The largest absolute Gasteiger partial charge is 0.480 e. The molecule has 1 saturated heterocycles. The quantitative estimate of drug-likeness (QED) is 0.576. The number of nitrogens with zero attached hydrogens (tertiary/aromatic N) is 1. The Morgan fingerprint density at radius 1 is 1.58 bits per heavy atom. The molecule has 104 valence electrons. The molecule has 19 heavy (non-hydrogen) atoms. The molecule has 0 aromatic carbocycles. The number of carbonyl (C=O) groups excluding carboxylic acids is 1. The van der Waals surface area contributed by atoms with Crippen molar-refractivity contribution in [3.8, 4) is 0 Å². The minimum absolute atomic E-state index is 0.141. The smallest absolute Gasteiger partial charge is 0.326 e. The SMILES string of the molecule is O=C(N[C@H](Cc1cnc[nH]1)C(=O)O)C1CCCNC1. The summed E-state index contributed by atoms with van der Waals surface area (Å²) >= 11 is 0. The lowest BCUT2D eigenvalue weighted by atomic mass is 9.98. The van der Waals surface area contributed by atoms with Gasteiger partial charge in [-0.15, -0.1) is 0 Å². The average molecular weight is 266 g/mol. The van der Waals surface area contributed by atoms with Crippen molar-refractivity contribution in [1.82, 2.24) is 20.6 Å². The summed E-state index contributed by atoms with van der Waals surface area (Å²) in [6, 6.07) is -0.921. The Morgan fingerprint density at radius 3 is 3.00 bits per heavy atom. The Hall–Kier alpha value is -1.89. The lowest BCUT2D eigenvalue weighted by molar-refractivity contribution is -0.142. The molecule has 0 saturated carbocycles. The lowest BCUT2D eigenvalue weighted by Gasteiger charge is -2.23. The van der Waals surface area contributed by atoms with E-state index in [1.165, 1.54) is 6.33 Å². The molecule has 0 spiro atoms. The van der Waals surface area contributed by atoms with E-state index in [0.29, 0.717) is 12.2 Å². The fourth-order valence-corrected chi connectivity index (χ4v) is 2.18. The van der Waals surface area contributed by atoms with Gasteiger partial charge in [0.2, 0.25) is 5.91 Å². The van der Waals surface area contributed by atoms with E-state index in [1.54, 1.807) is 6.20 Å². The summed E-state index contributed by atoms with van der Waals surface area (Å²) < 4.78 is 0. The summed E-state index contributed by atoms with van der Waals surface area (Å²) in [5.74, 6) is -1.37. The van der Waals surface area contributed by atoms with Gasteiger partial charge in [0.25, 0.3) is 0 Å². The normalized spacial score (nSPS) is 20.7. The molecule has 0 aliphatic carbocycles. The molecule has 7 nitrogen and oxygen atoms in total. The topological polar surface area (TPSA) is 107 Å². The van der Waals surface area contributed by atoms with E-state index >= 15 is 0 Å². The van der Waals surface area contributed by atoms with Crippen LogP contribution in [0, 0.1) is 5.92 Å². The number of nitrogens with one attached hydrogen (secondary N) is 3. The van der Waals surface area contributed by atoms with Crippen molar-refractivity contribution in [2.45, 2.75) is 25.3 Å². The molecular formula is C12H18N4O3. The Morgan fingerprint density at radius 2 is 2.42 bits per heavy atom. The second-order valence-corrected chi connectivity index (χ2v) is 4.72. The van der Waals surface area contributed by atoms with Gasteiger partial charge in [0.15, 0.2) is 0 Å². The second kappa shape index (κ2) is 6.33. The zero-order valence-electron chi connectivity index (χ0n) is 10.6. The average Bonchev–Trinajstić information content (AvgIpc) is 2.91. The highest BCUT2D eigenvalue weighted by Gasteiger charge is 2.26. The van der Waals surface area contributed by atoms with Crippen LogP contribution in [0.25, 0.3) is 0 Å². The molecule has 1 aromatic heterocycles. The molecule has 1 aromatic rings. The summed E-state index contributed by atoms with van der Waals surface area (Å²) in [5.41, 5.74) is 0.689. The van der Waals surface area contributed by atoms with Crippen molar-refractivity contribution in [2.24, 2.45) is 5.92 Å². The zero-order chi connectivity index (χ0) is 13.7. The maximum absolute atomic E-state index is 12.0. The Bertz CT molecular complexity index is 426. The Labute approximate surface area is 110 Å². The van der Waals surface area contributed by atoms with Gasteiger partial charge in [-0.1, -0.05) is 0 Å². The number of amides is 1. The van der Waals surface area contributed by atoms with E-state index in [0.717, 1.165) is 19.4 Å². The van der Waals surface area contributed by atoms with Gasteiger partial charge in [-0.2, -0.15) is 0 Å². The third kappa shape index (κ3) is 3.78. The fourth-order valence-electron chi connectivity index (χ4n) is 2.18. The lowest BCUT2D eigenvalue weighted by Crippen LogP contribution is -2.48. The van der Waals surface area contributed by atoms with E-state index in [9.17, 15) is 9.59 Å². The van der Waals surface area contributed by atoms with Crippen molar-refractivity contribution in [3.63, 3.8) is 0 Å². The number of hydrogen-bond donors (Lipinski definition) is 4. The van der Waals surface area contributed by atoms with E-state index < -0.39 is 12.0 Å². The highest BCUT2D eigenvalue weighted by atomic mass is 16.4. The summed E-state index contributed by atoms with van der Waals surface area (Å²) in [6.45, 7) is 1.53. The number of aromatic amines is 1. The monoisotopic (exact) mass is 266 g/mol. The van der Waals surface area contributed by atoms with Crippen LogP contribution in [0.15, 0.2) is 12.5 Å². The molecule has 0 bridgehead atoms. The van der Waals surface area contributed by atoms with E-state index in [-0.39, 0.29) is 18.2 Å². The fraction of sp³-hybridized carbons (Fsp3) is 0.583. The predicted octanol–water partition coefficient (Wildman–Crippen LogP) is -0.479. The minimum Gasteiger partial charge on any atom is -0.480 e. The first-order valence-electron chi connectivity index (χ1n) is 6.38. The van der Waals surface area contributed by atoms with Crippen molar-refractivity contribution in [3.05, 3.63) is 18.2 Å². The highest BCUT2D eigenvalue weighted by molar-refractivity contribution is 5.85. The number of piperidine rings is 1. The third-order valence-electron chi connectivity index (χ3n) is 3.26. The molecule has 2 rings (SSSR count). The van der Waals surface area contributed by atoms with Crippen LogP contribution in [0.5, 0.6) is 0 Å². The number of rotatable bonds is 5. The van der Waals surface area contributed by atoms with Gasteiger partial charge in [0.05, 0.1) is 12.2 Å². The molecule has 7 heteroatoms. The molecule has 1 aliphatic heterocycles. The van der Waals surface area contributed by atoms with Crippen molar-refractivity contribution in [1.29, 1.82) is 0 Å². The molecule has 1 aliphatic rings. The van der Waals surface area contributed by atoms with Gasteiger partial charge < -0.3 is 20.7 Å². The van der Waals surface area contributed by atoms with Crippen LogP contribution in [0.2, 0.25) is 0 Å². The number of aliphatic carboxylic acids is 1.